The molecule has 3 atom stereocenters. The lowest BCUT2D eigenvalue weighted by atomic mass is 10.0. The number of aliphatic hydroxyl groups excluding tert-OH is 1. The molecule has 6 nitrogen and oxygen atoms in total. The number of hydrogen-bond acceptors (Lipinski definition) is 5. The maximum Gasteiger partial charge on any atom is 0.330 e. The van der Waals surface area contributed by atoms with Gasteiger partial charge in [0.15, 0.2) is 0 Å². The van der Waals surface area contributed by atoms with E-state index in [0.717, 1.165) is 6.42 Å². The molecule has 1 aromatic heterocycles. The van der Waals surface area contributed by atoms with Crippen LogP contribution in [0.2, 0.25) is 0 Å². The molecule has 0 saturated carbocycles. The third kappa shape index (κ3) is 2.68. The van der Waals surface area contributed by atoms with Gasteiger partial charge in [-0.3, -0.25) is 14.3 Å². The van der Waals surface area contributed by atoms with E-state index in [4.69, 9.17) is 9.84 Å². The van der Waals surface area contributed by atoms with Crippen LogP contribution in [0, 0.1) is 5.92 Å². The predicted molar refractivity (Wildman–Crippen MR) is 68.9 cm³/mol. The minimum atomic E-state index is -0.491. The van der Waals surface area contributed by atoms with E-state index in [1.165, 1.54) is 16.8 Å². The average molecular weight is 272 g/mol. The number of nitrogens with zero attached hydrogens (tertiary/aromatic N) is 1. The summed E-state index contributed by atoms with van der Waals surface area (Å²) in [4.78, 5) is 24.9. The van der Waals surface area contributed by atoms with Gasteiger partial charge >= 0.3 is 5.69 Å². The van der Waals surface area contributed by atoms with Crippen LogP contribution < -0.4 is 11.2 Å². The molecular weight excluding hydrogens is 256 g/mol. The minimum Gasteiger partial charge on any atom is -0.394 e. The number of aromatic amines is 1. The van der Waals surface area contributed by atoms with Gasteiger partial charge in [-0.1, -0.05) is 0 Å². The number of nitrogens with one attached hydrogen (secondary N) is 1. The number of hydrogen-bond donors (Lipinski definition) is 3. The standard InChI is InChI=1S/C11H16N2O4S/c14-6-8-5-7(2-4-18)10(17-8)13-3-1-9(15)12-11(13)16/h1,3,7-8,10,14,18H,2,4-6H2,(H,12,15,16)/t7-,8?,10+/m0/s1. The Balaban J connectivity index is 2.29. The smallest absolute Gasteiger partial charge is 0.330 e. The Morgan fingerprint density at radius 3 is 2.94 bits per heavy atom. The summed E-state index contributed by atoms with van der Waals surface area (Å²) in [6, 6.07) is 1.29. The number of ether oxygens (including phenoxy) is 1. The fourth-order valence-electron chi connectivity index (χ4n) is 2.28. The molecule has 1 aliphatic heterocycles. The van der Waals surface area contributed by atoms with Crippen LogP contribution in [0.1, 0.15) is 19.1 Å². The third-order valence-corrected chi connectivity index (χ3v) is 3.39. The van der Waals surface area contributed by atoms with Crippen molar-refractivity contribution in [3.63, 3.8) is 0 Å². The first-order chi connectivity index (χ1) is 8.65. The molecular formula is C11H16N2O4S. The summed E-state index contributed by atoms with van der Waals surface area (Å²) in [7, 11) is 0. The van der Waals surface area contributed by atoms with E-state index in [-0.39, 0.29) is 18.6 Å². The van der Waals surface area contributed by atoms with Crippen LogP contribution in [-0.4, -0.2) is 33.1 Å². The van der Waals surface area contributed by atoms with Gasteiger partial charge in [0, 0.05) is 18.2 Å². The van der Waals surface area contributed by atoms with Crippen molar-refractivity contribution in [3.8, 4) is 0 Å². The quantitative estimate of drug-likeness (QED) is 0.660. The van der Waals surface area contributed by atoms with Crippen LogP contribution in [0.25, 0.3) is 0 Å². The molecule has 0 spiro atoms. The van der Waals surface area contributed by atoms with Gasteiger partial charge in [0.1, 0.15) is 6.23 Å². The fraction of sp³-hybridized carbons (Fsp3) is 0.636. The maximum absolute atomic E-state index is 11.7. The Kier molecular flexibility index (Phi) is 4.26. The summed E-state index contributed by atoms with van der Waals surface area (Å²) in [5, 5.41) is 9.14. The Labute approximate surface area is 109 Å². The molecule has 2 N–H and O–H groups in total. The summed E-state index contributed by atoms with van der Waals surface area (Å²) in [6.07, 6.45) is 2.19. The Hall–Kier alpha value is -1.05. The van der Waals surface area contributed by atoms with Gasteiger partial charge in [0.25, 0.3) is 5.56 Å². The third-order valence-electron chi connectivity index (χ3n) is 3.13. The summed E-state index contributed by atoms with van der Waals surface area (Å²) in [5.74, 6) is 0.795. The highest BCUT2D eigenvalue weighted by molar-refractivity contribution is 7.80. The Morgan fingerprint density at radius 2 is 2.33 bits per heavy atom. The first-order valence-electron chi connectivity index (χ1n) is 5.84. The highest BCUT2D eigenvalue weighted by Crippen LogP contribution is 2.35. The van der Waals surface area contributed by atoms with Gasteiger partial charge in [-0.15, -0.1) is 0 Å². The molecule has 0 aliphatic carbocycles. The fourth-order valence-corrected chi connectivity index (χ4v) is 2.61. The number of aliphatic hydroxyl groups is 1. The van der Waals surface area contributed by atoms with E-state index in [1.807, 2.05) is 0 Å². The zero-order chi connectivity index (χ0) is 13.1. The molecule has 2 heterocycles. The lowest BCUT2D eigenvalue weighted by Gasteiger charge is -2.19. The van der Waals surface area contributed by atoms with Crippen LogP contribution in [0.5, 0.6) is 0 Å². The topological polar surface area (TPSA) is 84.3 Å². The molecule has 2 rings (SSSR count). The van der Waals surface area contributed by atoms with E-state index >= 15 is 0 Å². The summed E-state index contributed by atoms with van der Waals surface area (Å²) in [5.41, 5.74) is -0.922. The van der Waals surface area contributed by atoms with Crippen LogP contribution in [0.15, 0.2) is 21.9 Å². The second kappa shape index (κ2) is 5.73. The Bertz CT molecular complexity index is 512. The largest absolute Gasteiger partial charge is 0.394 e. The van der Waals surface area contributed by atoms with Crippen LogP contribution in [0.3, 0.4) is 0 Å². The van der Waals surface area contributed by atoms with Gasteiger partial charge in [0.05, 0.1) is 12.7 Å². The zero-order valence-electron chi connectivity index (χ0n) is 9.78. The van der Waals surface area contributed by atoms with E-state index in [0.29, 0.717) is 12.2 Å². The Morgan fingerprint density at radius 1 is 1.56 bits per heavy atom. The molecule has 7 heteroatoms. The number of aromatic nitrogens is 2. The lowest BCUT2D eigenvalue weighted by molar-refractivity contribution is -0.0356. The van der Waals surface area contributed by atoms with Gasteiger partial charge in [-0.2, -0.15) is 12.6 Å². The first kappa shape index (κ1) is 13.4. The number of thiol groups is 1. The molecule has 0 aromatic carbocycles. The van der Waals surface area contributed by atoms with Crippen LogP contribution >= 0.6 is 12.6 Å². The molecule has 0 bridgehead atoms. The molecule has 0 amide bonds. The molecule has 1 fully saturated rings. The van der Waals surface area contributed by atoms with Gasteiger partial charge in [0.2, 0.25) is 0 Å². The second-order valence-corrected chi connectivity index (χ2v) is 4.80. The molecule has 1 aliphatic rings. The van der Waals surface area contributed by atoms with Crippen molar-refractivity contribution in [2.75, 3.05) is 12.4 Å². The van der Waals surface area contributed by atoms with Crippen molar-refractivity contribution in [3.05, 3.63) is 33.1 Å². The first-order valence-corrected chi connectivity index (χ1v) is 6.47. The van der Waals surface area contributed by atoms with Gasteiger partial charge in [-0.25, -0.2) is 4.79 Å². The van der Waals surface area contributed by atoms with Gasteiger partial charge in [-0.05, 0) is 18.6 Å². The number of H-pyrrole nitrogens is 1. The van der Waals surface area contributed by atoms with Gasteiger partial charge < -0.3 is 9.84 Å². The zero-order valence-corrected chi connectivity index (χ0v) is 10.7. The molecule has 1 unspecified atom stereocenters. The normalized spacial score (nSPS) is 27.6. The molecule has 18 heavy (non-hydrogen) atoms. The summed E-state index contributed by atoms with van der Waals surface area (Å²) >= 11 is 4.19. The number of rotatable bonds is 4. The van der Waals surface area contributed by atoms with Crippen molar-refractivity contribution >= 4 is 12.6 Å². The highest BCUT2D eigenvalue weighted by Gasteiger charge is 2.35. The molecule has 1 aromatic rings. The lowest BCUT2D eigenvalue weighted by Crippen LogP contribution is -2.33. The highest BCUT2D eigenvalue weighted by atomic mass is 32.1. The van der Waals surface area contributed by atoms with Crippen molar-refractivity contribution in [2.45, 2.75) is 25.2 Å². The summed E-state index contributed by atoms with van der Waals surface area (Å²) < 4.78 is 7.01. The average Bonchev–Trinajstić information content (AvgIpc) is 2.73. The maximum atomic E-state index is 11.7. The van der Waals surface area contributed by atoms with Crippen LogP contribution in [0.4, 0.5) is 0 Å². The van der Waals surface area contributed by atoms with Crippen molar-refractivity contribution in [2.24, 2.45) is 5.92 Å². The van der Waals surface area contributed by atoms with E-state index in [2.05, 4.69) is 17.6 Å². The van der Waals surface area contributed by atoms with Crippen molar-refractivity contribution in [1.82, 2.24) is 9.55 Å². The minimum absolute atomic E-state index is 0.0718. The van der Waals surface area contributed by atoms with Crippen molar-refractivity contribution in [1.29, 1.82) is 0 Å². The molecule has 100 valence electrons. The van der Waals surface area contributed by atoms with E-state index < -0.39 is 17.5 Å². The van der Waals surface area contributed by atoms with Crippen LogP contribution in [-0.2, 0) is 4.74 Å². The van der Waals surface area contributed by atoms with Crippen molar-refractivity contribution < 1.29 is 9.84 Å². The van der Waals surface area contributed by atoms with E-state index in [1.54, 1.807) is 0 Å². The predicted octanol–water partition coefficient (Wildman–Crippen LogP) is -0.248. The SMILES string of the molecule is O=c1ccn([C@@H]2OC(CO)C[C@@H]2CCS)c(=O)[nH]1. The molecule has 0 radical (unpaired) electrons. The summed E-state index contributed by atoms with van der Waals surface area (Å²) in [6.45, 7) is -0.0718. The molecule has 1 saturated heterocycles. The second-order valence-electron chi connectivity index (χ2n) is 4.36. The monoisotopic (exact) mass is 272 g/mol. The van der Waals surface area contributed by atoms with E-state index in [9.17, 15) is 9.59 Å².